The Balaban J connectivity index is 1.56. The smallest absolute Gasteiger partial charge is 0.326 e. The standard InChI is InChI=1S/C72H103N19O19/c1-6-7-29-77-64(102)52(91-70(108)51(86-57(94)27-28-73)33-45-32-44-16-11-12-17-47(44)83-45)34-58(95)85-50(24-26-61(98)99)67(105)82-40(4)62(100)81-41(5)63(101)89-53(65(103)80-38-43-19-21-46(92)22-20-43)35-59(96)84-49(23-25-56(74)93)69(107)88-48(18-13-30-78-72(75)76)68(106)90-54(66(104)79-37-42-14-9-8-10-15-42)36-60(97)87-55(71(109)110)31-39(2)3/h8-12,14-17,19-22,32,39-41,48-55,83,92H,6-7,13,18,23-31,33-38,73H2,1-5H3,(H2,74,93)(H,77,102)(H,79,104)(H,80,103)(H,81,100)(H,82,105)(H,84,96)(H,85,95)(H,86,94)(H,87,97)(H,88,107)(H,89,101)(H,90,106)(H,91,108)(H,98,99)(H,109,110)(H4,75,76,78)/t40-,41-,48-,49-,50-,51-,52-,53-,54-,55-/m0/s1. The van der Waals surface area contributed by atoms with Crippen molar-refractivity contribution in [3.8, 4) is 5.75 Å². The lowest BCUT2D eigenvalue weighted by atomic mass is 10.0. The van der Waals surface area contributed by atoms with Gasteiger partial charge < -0.3 is 112 Å². The number of rotatable bonds is 49. The summed E-state index contributed by atoms with van der Waals surface area (Å²) in [5.41, 5.74) is 18.9. The number of carboxylic acids is 2. The normalized spacial score (nSPS) is 13.7. The van der Waals surface area contributed by atoms with Gasteiger partial charge in [0.25, 0.3) is 0 Å². The fourth-order valence-electron chi connectivity index (χ4n) is 10.8. The Hall–Kier alpha value is -12.3. The molecule has 3 aromatic carbocycles. The first kappa shape index (κ1) is 90.1. The minimum absolute atomic E-state index is 0.00931. The third-order valence-electron chi connectivity index (χ3n) is 16.7. The van der Waals surface area contributed by atoms with Crippen LogP contribution >= 0.6 is 0 Å². The highest BCUT2D eigenvalue weighted by Crippen LogP contribution is 2.18. The number of carboxylic acid groups (broad SMARTS) is 2. The first-order valence-corrected chi connectivity index (χ1v) is 35.9. The van der Waals surface area contributed by atoms with E-state index in [4.69, 9.17) is 22.6 Å². The van der Waals surface area contributed by atoms with Gasteiger partial charge in [-0.1, -0.05) is 87.9 Å². The van der Waals surface area contributed by atoms with Crippen molar-refractivity contribution < 1.29 is 92.0 Å². The number of unbranched alkanes of at least 4 members (excludes halogenated alkanes) is 1. The molecule has 600 valence electrons. The zero-order chi connectivity index (χ0) is 81.6. The fourth-order valence-corrected chi connectivity index (χ4v) is 10.8. The number of nitrogens with one attached hydrogen (secondary N) is 16. The molecule has 1 aromatic heterocycles. The van der Waals surface area contributed by atoms with Crippen LogP contribution in [0.3, 0.4) is 0 Å². The number of carbonyl (C=O) groups excluding carboxylic acids is 14. The van der Waals surface area contributed by atoms with E-state index in [1.807, 2.05) is 13.0 Å². The zero-order valence-corrected chi connectivity index (χ0v) is 62.0. The number of amides is 14. The van der Waals surface area contributed by atoms with Crippen LogP contribution in [0.25, 0.3) is 10.9 Å². The van der Waals surface area contributed by atoms with Crippen LogP contribution < -0.4 is 91.6 Å². The molecule has 10 atom stereocenters. The lowest BCUT2D eigenvalue weighted by Gasteiger charge is -2.26. The summed E-state index contributed by atoms with van der Waals surface area (Å²) in [4.78, 5) is 220. The number of phenolic OH excluding ortho intramolecular Hbond substituents is 1. The SMILES string of the molecule is CCCCNC(=O)[C@H](CC(=O)N[C@@H](CCC(=O)O)C(=O)N[C@@H](C)C(=O)N[C@@H](C)C(=O)N[C@@H](CC(=O)N[C@@H](CCC(N)=O)C(=O)N[C@@H](CCCNC(=N)N)C(=O)N[C@@H](CC(=O)N[C@@H](CC(C)C)C(=O)O)C(=O)NCc1ccccc1)C(=O)NCc1ccc(O)cc1)NC(=O)[C@H](Cc1cc2ccccc2[nH]1)NC(=O)CCN. The maximum Gasteiger partial charge on any atom is 0.326 e. The predicted octanol–water partition coefficient (Wildman–Crippen LogP) is -3.10. The van der Waals surface area contributed by atoms with Gasteiger partial charge in [0.15, 0.2) is 5.96 Å². The van der Waals surface area contributed by atoms with E-state index < -0.39 is 206 Å². The van der Waals surface area contributed by atoms with E-state index in [1.165, 1.54) is 24.3 Å². The summed E-state index contributed by atoms with van der Waals surface area (Å²) in [5.74, 6) is -17.3. The van der Waals surface area contributed by atoms with E-state index in [0.717, 1.165) is 24.8 Å². The molecule has 0 saturated heterocycles. The van der Waals surface area contributed by atoms with Crippen molar-refractivity contribution >= 4 is 112 Å². The van der Waals surface area contributed by atoms with Crippen molar-refractivity contribution in [2.75, 3.05) is 19.6 Å². The minimum Gasteiger partial charge on any atom is -0.508 e. The predicted molar refractivity (Wildman–Crippen MR) is 398 cm³/mol. The number of hydrogen-bond donors (Lipinski definition) is 22. The number of phenols is 1. The van der Waals surface area contributed by atoms with Crippen LogP contribution in [0.1, 0.15) is 135 Å². The molecule has 0 aliphatic rings. The molecule has 0 spiro atoms. The maximum absolute atomic E-state index is 14.4. The Bertz CT molecular complexity index is 3820. The van der Waals surface area contributed by atoms with Gasteiger partial charge in [-0.2, -0.15) is 0 Å². The second-order valence-corrected chi connectivity index (χ2v) is 26.5. The molecule has 0 radical (unpaired) electrons. The van der Waals surface area contributed by atoms with Crippen LogP contribution in [0.4, 0.5) is 0 Å². The molecule has 14 amide bonds. The quantitative estimate of drug-likeness (QED) is 0.0118. The van der Waals surface area contributed by atoms with Crippen LogP contribution in [0.2, 0.25) is 0 Å². The number of aromatic nitrogens is 1. The molecule has 4 rings (SSSR count). The van der Waals surface area contributed by atoms with Crippen molar-refractivity contribution in [1.29, 1.82) is 5.41 Å². The molecular weight excluding hydrogens is 1430 g/mol. The molecule has 4 aromatic rings. The molecule has 0 bridgehead atoms. The number of aromatic amines is 1. The highest BCUT2D eigenvalue weighted by Gasteiger charge is 2.36. The molecule has 0 aliphatic carbocycles. The summed E-state index contributed by atoms with van der Waals surface area (Å²) in [6.07, 6.45) is -4.36. The first-order chi connectivity index (χ1) is 52.1. The van der Waals surface area contributed by atoms with Gasteiger partial charge in [0.2, 0.25) is 82.7 Å². The summed E-state index contributed by atoms with van der Waals surface area (Å²) in [5, 5.41) is 72.4. The summed E-state index contributed by atoms with van der Waals surface area (Å²) in [7, 11) is 0. The summed E-state index contributed by atoms with van der Waals surface area (Å²) < 4.78 is 0. The number of benzene rings is 3. The molecule has 110 heavy (non-hydrogen) atoms. The van der Waals surface area contributed by atoms with E-state index in [9.17, 15) is 92.0 Å². The fraction of sp³-hybridized carbons (Fsp3) is 0.486. The highest BCUT2D eigenvalue weighted by molar-refractivity contribution is 6.00. The molecule has 1 heterocycles. The molecule has 0 aliphatic heterocycles. The first-order valence-electron chi connectivity index (χ1n) is 35.9. The minimum atomic E-state index is -1.86. The van der Waals surface area contributed by atoms with Gasteiger partial charge in [-0.15, -0.1) is 0 Å². The number of fused-ring (bicyclic) bond motifs is 1. The Labute approximate surface area is 634 Å². The van der Waals surface area contributed by atoms with Gasteiger partial charge in [0, 0.05) is 69.6 Å². The number of guanidine groups is 1. The third kappa shape index (κ3) is 33.7. The van der Waals surface area contributed by atoms with Gasteiger partial charge in [-0.3, -0.25) is 77.3 Å². The number of aliphatic carboxylic acids is 2. The van der Waals surface area contributed by atoms with Gasteiger partial charge in [-0.05, 0) is 99.1 Å². The number of aromatic hydroxyl groups is 1. The van der Waals surface area contributed by atoms with Crippen LogP contribution in [-0.4, -0.2) is 201 Å². The second kappa shape index (κ2) is 46.7. The van der Waals surface area contributed by atoms with E-state index in [0.29, 0.717) is 29.7 Å². The van der Waals surface area contributed by atoms with Crippen molar-refractivity contribution in [1.82, 2.24) is 79.4 Å². The van der Waals surface area contributed by atoms with Crippen molar-refractivity contribution in [3.63, 3.8) is 0 Å². The molecule has 0 saturated carbocycles. The van der Waals surface area contributed by atoms with E-state index in [1.54, 1.807) is 68.4 Å². The van der Waals surface area contributed by atoms with Crippen molar-refractivity contribution in [2.45, 2.75) is 198 Å². The largest absolute Gasteiger partial charge is 0.508 e. The topological polar surface area (TPSA) is 620 Å². The summed E-state index contributed by atoms with van der Waals surface area (Å²) >= 11 is 0. The molecular formula is C72H103N19O19. The zero-order valence-electron chi connectivity index (χ0n) is 62.0. The number of para-hydroxylation sites is 1. The van der Waals surface area contributed by atoms with E-state index in [-0.39, 0.29) is 76.5 Å². The number of H-pyrrole nitrogens is 1. The molecule has 25 N–H and O–H groups in total. The monoisotopic (exact) mass is 1540 g/mol. The number of nitrogens with two attached hydrogens (primary N) is 3. The number of primary amides is 1. The van der Waals surface area contributed by atoms with E-state index >= 15 is 0 Å². The maximum atomic E-state index is 14.4. The molecule has 0 fully saturated rings. The average Bonchev–Trinajstić information content (AvgIpc) is 1.62. The number of carbonyl (C=O) groups is 16. The lowest BCUT2D eigenvalue weighted by Crippen LogP contribution is -2.59. The number of hydrogen-bond acceptors (Lipinski definition) is 19. The highest BCUT2D eigenvalue weighted by atomic mass is 16.4. The second-order valence-electron chi connectivity index (χ2n) is 26.5. The Morgan fingerprint density at radius 2 is 0.900 bits per heavy atom. The van der Waals surface area contributed by atoms with Gasteiger partial charge >= 0.3 is 11.9 Å². The van der Waals surface area contributed by atoms with Gasteiger partial charge in [-0.25, -0.2) is 4.79 Å². The summed E-state index contributed by atoms with van der Waals surface area (Å²) in [6, 6.07) is 6.87. The average molecular weight is 1540 g/mol. The molecule has 38 heteroatoms. The van der Waals surface area contributed by atoms with Crippen LogP contribution in [0.5, 0.6) is 5.75 Å². The Morgan fingerprint density at radius 1 is 0.455 bits per heavy atom. The molecule has 38 nitrogen and oxygen atoms in total. The van der Waals surface area contributed by atoms with Crippen LogP contribution in [0, 0.1) is 11.3 Å². The van der Waals surface area contributed by atoms with Gasteiger partial charge in [0.1, 0.15) is 66.2 Å². The van der Waals surface area contributed by atoms with Crippen molar-refractivity contribution in [2.24, 2.45) is 23.1 Å². The van der Waals surface area contributed by atoms with Crippen molar-refractivity contribution in [3.05, 3.63) is 102 Å². The third-order valence-corrected chi connectivity index (χ3v) is 16.7. The molecule has 0 unspecified atom stereocenters. The van der Waals surface area contributed by atoms with Gasteiger partial charge in [0.05, 0.1) is 19.3 Å². The van der Waals surface area contributed by atoms with E-state index in [2.05, 4.69) is 79.4 Å². The Kier molecular flexibility index (Phi) is 38.3. The van der Waals surface area contributed by atoms with Crippen LogP contribution in [-0.2, 0) is 96.2 Å². The lowest BCUT2D eigenvalue weighted by molar-refractivity contribution is -0.142. The van der Waals surface area contributed by atoms with Crippen LogP contribution in [0.15, 0.2) is 84.9 Å². The Morgan fingerprint density at radius 3 is 1.41 bits per heavy atom. The summed E-state index contributed by atoms with van der Waals surface area (Å²) in [6.45, 7) is 7.31.